The minimum Gasteiger partial charge on any atom is -0.319 e. The molecule has 3 nitrogen and oxygen atoms in total. The second-order valence-corrected chi connectivity index (χ2v) is 4.53. The number of nitrogens with one attached hydrogen (secondary N) is 1. The maximum atomic E-state index is 13.5. The number of nitrogens with zero attached hydrogens (tertiary/aromatic N) is 1. The summed E-state index contributed by atoms with van der Waals surface area (Å²) in [6.45, 7) is 1.83. The number of hydrogen-bond donors (Lipinski definition) is 1. The molecule has 2 aromatic rings. The third-order valence-corrected chi connectivity index (χ3v) is 3.01. The van der Waals surface area contributed by atoms with Crippen LogP contribution in [0.1, 0.15) is 15.9 Å². The van der Waals surface area contributed by atoms with E-state index in [1.807, 2.05) is 6.92 Å². The van der Waals surface area contributed by atoms with E-state index in [0.717, 1.165) is 5.56 Å². The highest BCUT2D eigenvalue weighted by molar-refractivity contribution is 9.10. The van der Waals surface area contributed by atoms with E-state index in [1.165, 1.54) is 6.07 Å². The Morgan fingerprint density at radius 2 is 2.17 bits per heavy atom. The molecular formula is C13H10BrFN2O. The van der Waals surface area contributed by atoms with E-state index in [1.54, 1.807) is 30.5 Å². The maximum Gasteiger partial charge on any atom is 0.258 e. The van der Waals surface area contributed by atoms with Gasteiger partial charge in [-0.3, -0.25) is 4.79 Å². The van der Waals surface area contributed by atoms with Crippen molar-refractivity contribution in [1.82, 2.24) is 4.98 Å². The Morgan fingerprint density at radius 1 is 1.39 bits per heavy atom. The van der Waals surface area contributed by atoms with Gasteiger partial charge in [-0.1, -0.05) is 6.07 Å². The van der Waals surface area contributed by atoms with Crippen molar-refractivity contribution in [1.29, 1.82) is 0 Å². The molecular weight excluding hydrogens is 299 g/mol. The second-order valence-electron chi connectivity index (χ2n) is 3.78. The van der Waals surface area contributed by atoms with Crippen molar-refractivity contribution in [2.45, 2.75) is 6.92 Å². The third kappa shape index (κ3) is 2.73. The molecule has 0 aliphatic rings. The van der Waals surface area contributed by atoms with Gasteiger partial charge < -0.3 is 5.32 Å². The SMILES string of the molecule is Cc1ccc(F)c(NC(=O)c2cccnc2Br)c1. The lowest BCUT2D eigenvalue weighted by molar-refractivity contribution is 0.102. The zero-order chi connectivity index (χ0) is 13.1. The fourth-order valence-corrected chi connectivity index (χ4v) is 1.91. The van der Waals surface area contributed by atoms with Crippen molar-refractivity contribution in [2.24, 2.45) is 0 Å². The number of carbonyl (C=O) groups is 1. The summed E-state index contributed by atoms with van der Waals surface area (Å²) in [7, 11) is 0. The predicted molar refractivity (Wildman–Crippen MR) is 71.0 cm³/mol. The molecule has 1 aromatic heterocycles. The van der Waals surface area contributed by atoms with Crippen LogP contribution in [0.5, 0.6) is 0 Å². The molecule has 2 rings (SSSR count). The highest BCUT2D eigenvalue weighted by Gasteiger charge is 2.12. The van der Waals surface area contributed by atoms with Gasteiger partial charge in [0.15, 0.2) is 0 Å². The number of hydrogen-bond acceptors (Lipinski definition) is 2. The fourth-order valence-electron chi connectivity index (χ4n) is 1.48. The average Bonchev–Trinajstić information content (AvgIpc) is 2.34. The Hall–Kier alpha value is -1.75. The molecule has 1 aromatic carbocycles. The zero-order valence-corrected chi connectivity index (χ0v) is 11.2. The average molecular weight is 309 g/mol. The van der Waals surface area contributed by atoms with Crippen LogP contribution in [0.2, 0.25) is 0 Å². The first-order chi connectivity index (χ1) is 8.58. The van der Waals surface area contributed by atoms with Gasteiger partial charge in [-0.2, -0.15) is 0 Å². The van der Waals surface area contributed by atoms with Crippen molar-refractivity contribution < 1.29 is 9.18 Å². The highest BCUT2D eigenvalue weighted by Crippen LogP contribution is 2.19. The lowest BCUT2D eigenvalue weighted by Crippen LogP contribution is -2.14. The smallest absolute Gasteiger partial charge is 0.258 e. The van der Waals surface area contributed by atoms with Gasteiger partial charge in [0.2, 0.25) is 0 Å². The van der Waals surface area contributed by atoms with Gasteiger partial charge in [0.05, 0.1) is 11.3 Å². The minimum absolute atomic E-state index is 0.163. The van der Waals surface area contributed by atoms with Crippen LogP contribution in [0.3, 0.4) is 0 Å². The number of rotatable bonds is 2. The third-order valence-electron chi connectivity index (χ3n) is 2.37. The van der Waals surface area contributed by atoms with Crippen LogP contribution in [-0.2, 0) is 0 Å². The molecule has 18 heavy (non-hydrogen) atoms. The molecule has 0 radical (unpaired) electrons. The first-order valence-electron chi connectivity index (χ1n) is 5.26. The van der Waals surface area contributed by atoms with Crippen LogP contribution < -0.4 is 5.32 Å². The number of amides is 1. The van der Waals surface area contributed by atoms with Gasteiger partial charge in [-0.05, 0) is 52.7 Å². The van der Waals surface area contributed by atoms with Crippen LogP contribution in [0.15, 0.2) is 41.1 Å². The summed E-state index contributed by atoms with van der Waals surface area (Å²) < 4.78 is 13.9. The molecule has 1 N–H and O–H groups in total. The monoisotopic (exact) mass is 308 g/mol. The van der Waals surface area contributed by atoms with E-state index >= 15 is 0 Å². The zero-order valence-electron chi connectivity index (χ0n) is 9.58. The van der Waals surface area contributed by atoms with E-state index < -0.39 is 11.7 Å². The number of carbonyl (C=O) groups excluding carboxylic acids is 1. The molecule has 92 valence electrons. The van der Waals surface area contributed by atoms with Crippen molar-refractivity contribution in [2.75, 3.05) is 5.32 Å². The van der Waals surface area contributed by atoms with Gasteiger partial charge in [0, 0.05) is 6.20 Å². The van der Waals surface area contributed by atoms with Gasteiger partial charge in [0.1, 0.15) is 10.4 Å². The molecule has 0 fully saturated rings. The van der Waals surface area contributed by atoms with E-state index in [-0.39, 0.29) is 5.69 Å². The Morgan fingerprint density at radius 3 is 2.89 bits per heavy atom. The minimum atomic E-state index is -0.464. The van der Waals surface area contributed by atoms with Crippen molar-refractivity contribution in [3.63, 3.8) is 0 Å². The van der Waals surface area contributed by atoms with Crippen molar-refractivity contribution in [3.8, 4) is 0 Å². The summed E-state index contributed by atoms with van der Waals surface area (Å²) in [5.41, 5.74) is 1.39. The number of anilines is 1. The molecule has 0 atom stereocenters. The molecule has 0 saturated carbocycles. The van der Waals surface area contributed by atoms with E-state index in [4.69, 9.17) is 0 Å². The summed E-state index contributed by atoms with van der Waals surface area (Å²) in [6.07, 6.45) is 1.56. The van der Waals surface area contributed by atoms with Crippen LogP contribution >= 0.6 is 15.9 Å². The molecule has 0 unspecified atom stereocenters. The number of aromatic nitrogens is 1. The Balaban J connectivity index is 2.27. The molecule has 0 spiro atoms. The molecule has 5 heteroatoms. The van der Waals surface area contributed by atoms with E-state index in [0.29, 0.717) is 10.2 Å². The lowest BCUT2D eigenvalue weighted by atomic mass is 10.2. The van der Waals surface area contributed by atoms with Crippen molar-refractivity contribution >= 4 is 27.5 Å². The quantitative estimate of drug-likeness (QED) is 0.862. The van der Waals surface area contributed by atoms with E-state index in [2.05, 4.69) is 26.2 Å². The Kier molecular flexibility index (Phi) is 3.72. The number of aryl methyl sites for hydroxylation is 1. The standard InChI is InChI=1S/C13H10BrFN2O/c1-8-4-5-10(15)11(7-8)17-13(18)9-3-2-6-16-12(9)14/h2-7H,1H3,(H,17,18). The number of benzene rings is 1. The number of pyridine rings is 1. The summed E-state index contributed by atoms with van der Waals surface area (Å²) in [5, 5.41) is 2.52. The molecule has 0 bridgehead atoms. The first kappa shape index (κ1) is 12.7. The fraction of sp³-hybridized carbons (Fsp3) is 0.0769. The van der Waals surface area contributed by atoms with Crippen LogP contribution in [0, 0.1) is 12.7 Å². The van der Waals surface area contributed by atoms with Crippen LogP contribution in [-0.4, -0.2) is 10.9 Å². The summed E-state index contributed by atoms with van der Waals surface area (Å²) in [5.74, 6) is -0.867. The molecule has 1 amide bonds. The molecule has 0 aliphatic heterocycles. The van der Waals surface area contributed by atoms with Gasteiger partial charge >= 0.3 is 0 Å². The number of halogens is 2. The first-order valence-corrected chi connectivity index (χ1v) is 6.05. The largest absolute Gasteiger partial charge is 0.319 e. The summed E-state index contributed by atoms with van der Waals surface area (Å²) in [4.78, 5) is 15.9. The molecule has 0 saturated heterocycles. The Bertz CT molecular complexity index is 601. The van der Waals surface area contributed by atoms with Gasteiger partial charge in [0.25, 0.3) is 5.91 Å². The van der Waals surface area contributed by atoms with Gasteiger partial charge in [-0.15, -0.1) is 0 Å². The second kappa shape index (κ2) is 5.27. The normalized spacial score (nSPS) is 10.2. The summed E-state index contributed by atoms with van der Waals surface area (Å²) in [6, 6.07) is 7.80. The van der Waals surface area contributed by atoms with Crippen LogP contribution in [0.25, 0.3) is 0 Å². The Labute approximate surface area is 112 Å². The lowest BCUT2D eigenvalue weighted by Gasteiger charge is -2.08. The van der Waals surface area contributed by atoms with E-state index in [9.17, 15) is 9.18 Å². The topological polar surface area (TPSA) is 42.0 Å². The molecule has 0 aliphatic carbocycles. The maximum absolute atomic E-state index is 13.5. The van der Waals surface area contributed by atoms with Gasteiger partial charge in [-0.25, -0.2) is 9.37 Å². The predicted octanol–water partition coefficient (Wildman–Crippen LogP) is 3.54. The molecule has 1 heterocycles. The van der Waals surface area contributed by atoms with Crippen molar-refractivity contribution in [3.05, 3.63) is 58.1 Å². The summed E-state index contributed by atoms with van der Waals surface area (Å²) >= 11 is 3.18. The van der Waals surface area contributed by atoms with Crippen LogP contribution in [0.4, 0.5) is 10.1 Å². The highest BCUT2D eigenvalue weighted by atomic mass is 79.9.